The Hall–Kier alpha value is -2.77. The molecule has 1 fully saturated rings. The fourth-order valence-electron chi connectivity index (χ4n) is 2.90. The van der Waals surface area contributed by atoms with Crippen LogP contribution in [-0.2, 0) is 21.0 Å². The zero-order valence-corrected chi connectivity index (χ0v) is 14.7. The quantitative estimate of drug-likeness (QED) is 0.752. The van der Waals surface area contributed by atoms with Crippen LogP contribution < -0.4 is 5.32 Å². The van der Waals surface area contributed by atoms with Gasteiger partial charge in [-0.2, -0.15) is 4.37 Å². The molecule has 0 spiro atoms. The SMILES string of the molecule is O=C(Nc1ccc2sncc2c1)C1CC(=O)N(OCc2ccccc2)C1. The van der Waals surface area contributed by atoms with Gasteiger partial charge in [0.1, 0.15) is 6.61 Å². The van der Waals surface area contributed by atoms with Gasteiger partial charge < -0.3 is 5.32 Å². The largest absolute Gasteiger partial charge is 0.326 e. The summed E-state index contributed by atoms with van der Waals surface area (Å²) < 4.78 is 5.19. The number of hydroxylamine groups is 2. The predicted octanol–water partition coefficient (Wildman–Crippen LogP) is 3.22. The Morgan fingerprint density at radius 3 is 2.96 bits per heavy atom. The Kier molecular flexibility index (Phi) is 4.64. The molecule has 2 heterocycles. The summed E-state index contributed by atoms with van der Waals surface area (Å²) in [6.45, 7) is 0.572. The molecule has 6 nitrogen and oxygen atoms in total. The maximum absolute atomic E-state index is 12.5. The highest BCUT2D eigenvalue weighted by Gasteiger charge is 2.35. The maximum atomic E-state index is 12.5. The molecule has 3 aromatic rings. The molecule has 4 rings (SSSR count). The van der Waals surface area contributed by atoms with Gasteiger partial charge in [-0.05, 0) is 35.3 Å². The van der Waals surface area contributed by atoms with Crippen molar-refractivity contribution >= 4 is 39.1 Å². The molecule has 2 amide bonds. The number of benzene rings is 2. The molecule has 1 N–H and O–H groups in total. The second kappa shape index (κ2) is 7.23. The van der Waals surface area contributed by atoms with E-state index in [4.69, 9.17) is 4.84 Å². The Balaban J connectivity index is 1.35. The molecule has 1 atom stereocenters. The second-order valence-electron chi connectivity index (χ2n) is 6.18. The van der Waals surface area contributed by atoms with Crippen LogP contribution in [-0.4, -0.2) is 27.8 Å². The molecule has 1 unspecified atom stereocenters. The number of fused-ring (bicyclic) bond motifs is 1. The van der Waals surface area contributed by atoms with Crippen molar-refractivity contribution in [3.8, 4) is 0 Å². The van der Waals surface area contributed by atoms with E-state index in [0.29, 0.717) is 12.3 Å². The lowest BCUT2D eigenvalue weighted by Gasteiger charge is -2.16. The summed E-state index contributed by atoms with van der Waals surface area (Å²) in [7, 11) is 0. The van der Waals surface area contributed by atoms with Crippen molar-refractivity contribution in [3.63, 3.8) is 0 Å². The van der Waals surface area contributed by atoms with Gasteiger partial charge in [-0.1, -0.05) is 30.3 Å². The molecular weight excluding hydrogens is 350 g/mol. The smallest absolute Gasteiger partial charge is 0.247 e. The first-order valence-corrected chi connectivity index (χ1v) is 9.09. The zero-order valence-electron chi connectivity index (χ0n) is 13.9. The normalized spacial score (nSPS) is 17.0. The average Bonchev–Trinajstić information content (AvgIpc) is 3.27. The van der Waals surface area contributed by atoms with Crippen molar-refractivity contribution in [1.82, 2.24) is 9.44 Å². The molecule has 0 bridgehead atoms. The highest BCUT2D eigenvalue weighted by molar-refractivity contribution is 7.13. The topological polar surface area (TPSA) is 71.5 Å². The average molecular weight is 367 g/mol. The van der Waals surface area contributed by atoms with Crippen LogP contribution in [0.5, 0.6) is 0 Å². The molecule has 7 heteroatoms. The van der Waals surface area contributed by atoms with Crippen LogP contribution in [0.25, 0.3) is 10.1 Å². The summed E-state index contributed by atoms with van der Waals surface area (Å²) in [5, 5.41) is 5.17. The van der Waals surface area contributed by atoms with Gasteiger partial charge in [-0.25, -0.2) is 5.06 Å². The van der Waals surface area contributed by atoms with E-state index < -0.39 is 5.92 Å². The van der Waals surface area contributed by atoms with Crippen molar-refractivity contribution in [3.05, 3.63) is 60.3 Å². The van der Waals surface area contributed by atoms with Crippen LogP contribution in [0.15, 0.2) is 54.7 Å². The number of carbonyl (C=O) groups excluding carboxylic acids is 2. The molecule has 1 saturated heterocycles. The van der Waals surface area contributed by atoms with Gasteiger partial charge in [-0.15, -0.1) is 0 Å². The monoisotopic (exact) mass is 367 g/mol. The van der Waals surface area contributed by atoms with Gasteiger partial charge in [0, 0.05) is 23.7 Å². The number of amides is 2. The minimum absolute atomic E-state index is 0.156. The van der Waals surface area contributed by atoms with Gasteiger partial charge in [0.25, 0.3) is 0 Å². The van der Waals surface area contributed by atoms with Crippen molar-refractivity contribution in [2.24, 2.45) is 5.92 Å². The Labute approximate surface area is 154 Å². The van der Waals surface area contributed by atoms with Crippen LogP contribution in [0.1, 0.15) is 12.0 Å². The van der Waals surface area contributed by atoms with Crippen LogP contribution in [0.3, 0.4) is 0 Å². The summed E-state index contributed by atoms with van der Waals surface area (Å²) in [5.74, 6) is -0.764. The summed E-state index contributed by atoms with van der Waals surface area (Å²) in [6, 6.07) is 15.3. The van der Waals surface area contributed by atoms with E-state index in [2.05, 4.69) is 9.69 Å². The summed E-state index contributed by atoms with van der Waals surface area (Å²) >= 11 is 1.41. The van der Waals surface area contributed by atoms with Crippen molar-refractivity contribution in [2.45, 2.75) is 13.0 Å². The third kappa shape index (κ3) is 3.58. The minimum atomic E-state index is -0.422. The van der Waals surface area contributed by atoms with Gasteiger partial charge in [-0.3, -0.25) is 14.4 Å². The number of carbonyl (C=O) groups is 2. The molecular formula is C19H17N3O3S. The Morgan fingerprint density at radius 1 is 1.27 bits per heavy atom. The molecule has 0 saturated carbocycles. The maximum Gasteiger partial charge on any atom is 0.247 e. The third-order valence-electron chi connectivity index (χ3n) is 4.31. The van der Waals surface area contributed by atoms with Gasteiger partial charge in [0.15, 0.2) is 0 Å². The van der Waals surface area contributed by atoms with Gasteiger partial charge >= 0.3 is 0 Å². The number of nitrogens with one attached hydrogen (secondary N) is 1. The fourth-order valence-corrected chi connectivity index (χ4v) is 3.53. The lowest BCUT2D eigenvalue weighted by atomic mass is 10.1. The Morgan fingerprint density at radius 2 is 2.12 bits per heavy atom. The van der Waals surface area contributed by atoms with Crippen LogP contribution in [0, 0.1) is 5.92 Å². The highest BCUT2D eigenvalue weighted by atomic mass is 32.1. The Bertz CT molecular complexity index is 941. The van der Waals surface area contributed by atoms with E-state index >= 15 is 0 Å². The van der Waals surface area contributed by atoms with E-state index in [1.165, 1.54) is 16.6 Å². The molecule has 1 aliphatic heterocycles. The molecule has 1 aromatic heterocycles. The lowest BCUT2D eigenvalue weighted by Crippen LogP contribution is -2.28. The number of rotatable bonds is 5. The molecule has 26 heavy (non-hydrogen) atoms. The van der Waals surface area contributed by atoms with Crippen LogP contribution >= 0.6 is 11.5 Å². The standard InChI is InChI=1S/C19H17N3O3S/c23-18-9-15(11-22(18)25-12-13-4-2-1-3-5-13)19(24)21-16-6-7-17-14(8-16)10-20-26-17/h1-8,10,15H,9,11-12H2,(H,21,24). The summed E-state index contributed by atoms with van der Waals surface area (Å²) in [6.07, 6.45) is 1.93. The van der Waals surface area contributed by atoms with Crippen LogP contribution in [0.2, 0.25) is 0 Å². The number of hydrogen-bond donors (Lipinski definition) is 1. The number of hydrogen-bond acceptors (Lipinski definition) is 5. The molecule has 1 aliphatic rings. The number of anilines is 1. The lowest BCUT2D eigenvalue weighted by molar-refractivity contribution is -0.182. The van der Waals surface area contributed by atoms with Crippen molar-refractivity contribution < 1.29 is 14.4 Å². The summed E-state index contributed by atoms with van der Waals surface area (Å²) in [5.41, 5.74) is 1.68. The van der Waals surface area contributed by atoms with Gasteiger partial charge in [0.05, 0.1) is 17.2 Å². The van der Waals surface area contributed by atoms with Crippen molar-refractivity contribution in [2.75, 3.05) is 11.9 Å². The number of nitrogens with zero attached hydrogens (tertiary/aromatic N) is 2. The first-order valence-electron chi connectivity index (χ1n) is 8.31. The van der Waals surface area contributed by atoms with E-state index in [1.807, 2.05) is 48.5 Å². The third-order valence-corrected chi connectivity index (χ3v) is 5.09. The number of aromatic nitrogens is 1. The van der Waals surface area contributed by atoms with E-state index in [9.17, 15) is 9.59 Å². The van der Waals surface area contributed by atoms with E-state index in [-0.39, 0.29) is 24.8 Å². The first-order chi connectivity index (χ1) is 12.7. The first kappa shape index (κ1) is 16.7. The summed E-state index contributed by atoms with van der Waals surface area (Å²) in [4.78, 5) is 30.2. The van der Waals surface area contributed by atoms with E-state index in [0.717, 1.165) is 15.6 Å². The second-order valence-corrected chi connectivity index (χ2v) is 7.02. The minimum Gasteiger partial charge on any atom is -0.326 e. The molecule has 132 valence electrons. The fraction of sp³-hybridized carbons (Fsp3) is 0.211. The van der Waals surface area contributed by atoms with E-state index in [1.54, 1.807) is 6.20 Å². The van der Waals surface area contributed by atoms with Crippen molar-refractivity contribution in [1.29, 1.82) is 0 Å². The van der Waals surface area contributed by atoms with Crippen LogP contribution in [0.4, 0.5) is 5.69 Å². The molecule has 2 aromatic carbocycles. The molecule has 0 radical (unpaired) electrons. The molecule has 0 aliphatic carbocycles. The predicted molar refractivity (Wildman–Crippen MR) is 99.3 cm³/mol. The highest BCUT2D eigenvalue weighted by Crippen LogP contribution is 2.24. The zero-order chi connectivity index (χ0) is 17.9. The van der Waals surface area contributed by atoms with Gasteiger partial charge in [0.2, 0.25) is 11.8 Å².